The van der Waals surface area contributed by atoms with E-state index in [0.29, 0.717) is 11.3 Å². The number of primary sulfonamides is 1. The van der Waals surface area contributed by atoms with E-state index in [-0.39, 0.29) is 10.6 Å². The SMILES string of the molecule is CCCc1ccc(S(=O)(=O)Nc2ccc(CS(N)(=O)=O)cc2)cc1. The molecule has 2 aromatic carbocycles. The summed E-state index contributed by atoms with van der Waals surface area (Å²) in [6.45, 7) is 2.06. The van der Waals surface area contributed by atoms with E-state index in [2.05, 4.69) is 11.6 Å². The van der Waals surface area contributed by atoms with Crippen molar-refractivity contribution in [1.82, 2.24) is 0 Å². The Morgan fingerprint density at radius 1 is 0.875 bits per heavy atom. The molecule has 2 rings (SSSR count). The second-order valence-corrected chi connectivity index (χ2v) is 8.80. The average Bonchev–Trinajstić information content (AvgIpc) is 2.48. The summed E-state index contributed by atoms with van der Waals surface area (Å²) in [6.07, 6.45) is 1.90. The van der Waals surface area contributed by atoms with Gasteiger partial charge in [-0.25, -0.2) is 22.0 Å². The molecule has 0 fully saturated rings. The van der Waals surface area contributed by atoms with Crippen LogP contribution in [0.4, 0.5) is 5.69 Å². The summed E-state index contributed by atoms with van der Waals surface area (Å²) in [5.74, 6) is -0.293. The van der Waals surface area contributed by atoms with Crippen LogP contribution in [0.3, 0.4) is 0 Å². The zero-order chi connectivity index (χ0) is 17.8. The molecule has 0 bridgehead atoms. The Labute approximate surface area is 142 Å². The van der Waals surface area contributed by atoms with Crippen LogP contribution in [0.15, 0.2) is 53.4 Å². The van der Waals surface area contributed by atoms with E-state index in [9.17, 15) is 16.8 Å². The van der Waals surface area contributed by atoms with Crippen LogP contribution in [0.25, 0.3) is 0 Å². The van der Waals surface area contributed by atoms with Gasteiger partial charge in [-0.05, 0) is 41.8 Å². The van der Waals surface area contributed by atoms with Gasteiger partial charge in [-0.1, -0.05) is 37.6 Å². The van der Waals surface area contributed by atoms with E-state index in [4.69, 9.17) is 5.14 Å². The summed E-state index contributed by atoms with van der Waals surface area (Å²) >= 11 is 0. The van der Waals surface area contributed by atoms with E-state index in [1.54, 1.807) is 24.3 Å². The number of nitrogens with two attached hydrogens (primary N) is 1. The third kappa shape index (κ3) is 5.33. The summed E-state index contributed by atoms with van der Waals surface area (Å²) in [6, 6.07) is 12.8. The lowest BCUT2D eigenvalue weighted by Gasteiger charge is -2.09. The van der Waals surface area contributed by atoms with E-state index in [1.807, 2.05) is 0 Å². The number of hydrogen-bond acceptors (Lipinski definition) is 4. The van der Waals surface area contributed by atoms with Crippen molar-refractivity contribution < 1.29 is 16.8 Å². The second kappa shape index (κ2) is 7.33. The van der Waals surface area contributed by atoms with Gasteiger partial charge in [0.2, 0.25) is 10.0 Å². The Bertz CT molecular complexity index is 888. The van der Waals surface area contributed by atoms with E-state index >= 15 is 0 Å². The highest BCUT2D eigenvalue weighted by molar-refractivity contribution is 7.92. The normalized spacial score (nSPS) is 12.1. The van der Waals surface area contributed by atoms with Crippen LogP contribution >= 0.6 is 0 Å². The fourth-order valence-corrected chi connectivity index (χ4v) is 3.96. The van der Waals surface area contributed by atoms with Crippen molar-refractivity contribution in [1.29, 1.82) is 0 Å². The molecule has 3 N–H and O–H groups in total. The standard InChI is InChI=1S/C16H20N2O4S2/c1-2-3-13-6-10-16(11-7-13)24(21,22)18-15-8-4-14(5-9-15)12-23(17,19)20/h4-11,18H,2-3,12H2,1H3,(H2,17,19,20). The molecule has 2 aromatic rings. The van der Waals surface area contributed by atoms with E-state index in [0.717, 1.165) is 18.4 Å². The van der Waals surface area contributed by atoms with Gasteiger partial charge in [-0.15, -0.1) is 0 Å². The van der Waals surface area contributed by atoms with Gasteiger partial charge < -0.3 is 0 Å². The maximum absolute atomic E-state index is 12.4. The molecule has 0 saturated carbocycles. The Hall–Kier alpha value is -1.90. The Balaban J connectivity index is 2.13. The number of anilines is 1. The van der Waals surface area contributed by atoms with Gasteiger partial charge in [-0.2, -0.15) is 0 Å². The predicted octanol–water partition coefficient (Wildman–Crippen LogP) is 2.23. The molecule has 130 valence electrons. The third-order valence-electron chi connectivity index (χ3n) is 3.35. The zero-order valence-corrected chi connectivity index (χ0v) is 14.9. The molecule has 0 radical (unpaired) electrons. The fraction of sp³-hybridized carbons (Fsp3) is 0.250. The monoisotopic (exact) mass is 368 g/mol. The number of hydrogen-bond donors (Lipinski definition) is 2. The molecule has 0 aliphatic rings. The third-order valence-corrected chi connectivity index (χ3v) is 5.48. The number of aryl methyl sites for hydroxylation is 1. The van der Waals surface area contributed by atoms with Crippen LogP contribution in [-0.2, 0) is 32.2 Å². The molecule has 0 atom stereocenters. The van der Waals surface area contributed by atoms with Crippen molar-refractivity contribution in [3.8, 4) is 0 Å². The van der Waals surface area contributed by atoms with Crippen LogP contribution in [0.1, 0.15) is 24.5 Å². The van der Waals surface area contributed by atoms with Crippen molar-refractivity contribution >= 4 is 25.7 Å². The highest BCUT2D eigenvalue weighted by Gasteiger charge is 2.14. The first-order valence-electron chi connectivity index (χ1n) is 7.41. The smallest absolute Gasteiger partial charge is 0.261 e. The minimum atomic E-state index is -3.69. The Kier molecular flexibility index (Phi) is 5.63. The van der Waals surface area contributed by atoms with Crippen LogP contribution in [0.5, 0.6) is 0 Å². The van der Waals surface area contributed by atoms with Gasteiger partial charge in [0, 0.05) is 5.69 Å². The molecule has 0 unspecified atom stereocenters. The van der Waals surface area contributed by atoms with Gasteiger partial charge in [0.15, 0.2) is 0 Å². The van der Waals surface area contributed by atoms with E-state index < -0.39 is 20.0 Å². The maximum atomic E-state index is 12.4. The fourth-order valence-electron chi connectivity index (χ4n) is 2.24. The quantitative estimate of drug-likeness (QED) is 0.781. The number of sulfonamides is 2. The van der Waals surface area contributed by atoms with Gasteiger partial charge in [0.05, 0.1) is 10.6 Å². The highest BCUT2D eigenvalue weighted by Crippen LogP contribution is 2.18. The lowest BCUT2D eigenvalue weighted by atomic mass is 10.1. The molecular formula is C16H20N2O4S2. The van der Waals surface area contributed by atoms with Crippen molar-refractivity contribution in [2.45, 2.75) is 30.4 Å². The summed E-state index contributed by atoms with van der Waals surface area (Å²) in [5.41, 5.74) is 1.93. The van der Waals surface area contributed by atoms with Gasteiger partial charge in [-0.3, -0.25) is 4.72 Å². The molecule has 0 aliphatic heterocycles. The summed E-state index contributed by atoms with van der Waals surface area (Å²) in [4.78, 5) is 0.177. The average molecular weight is 368 g/mol. The summed E-state index contributed by atoms with van der Waals surface area (Å²) in [5, 5.41) is 4.98. The van der Waals surface area contributed by atoms with Gasteiger partial charge >= 0.3 is 0 Å². The molecule has 6 nitrogen and oxygen atoms in total. The number of benzene rings is 2. The summed E-state index contributed by atoms with van der Waals surface area (Å²) < 4.78 is 49.3. The molecule has 0 heterocycles. The Morgan fingerprint density at radius 3 is 1.92 bits per heavy atom. The Morgan fingerprint density at radius 2 is 1.42 bits per heavy atom. The minimum absolute atomic E-state index is 0.177. The molecular weight excluding hydrogens is 348 g/mol. The lowest BCUT2D eigenvalue weighted by molar-refractivity contribution is 0.596. The molecule has 0 spiro atoms. The van der Waals surface area contributed by atoms with Crippen LogP contribution < -0.4 is 9.86 Å². The zero-order valence-electron chi connectivity index (χ0n) is 13.3. The highest BCUT2D eigenvalue weighted by atomic mass is 32.2. The maximum Gasteiger partial charge on any atom is 0.261 e. The molecule has 0 aromatic heterocycles. The van der Waals surface area contributed by atoms with Gasteiger partial charge in [0.1, 0.15) is 0 Å². The van der Waals surface area contributed by atoms with Crippen molar-refractivity contribution in [3.05, 3.63) is 59.7 Å². The number of nitrogens with one attached hydrogen (secondary N) is 1. The molecule has 24 heavy (non-hydrogen) atoms. The van der Waals surface area contributed by atoms with Crippen molar-refractivity contribution in [3.63, 3.8) is 0 Å². The minimum Gasteiger partial charge on any atom is -0.280 e. The molecule has 8 heteroatoms. The van der Waals surface area contributed by atoms with E-state index in [1.165, 1.54) is 24.3 Å². The first-order chi connectivity index (χ1) is 11.2. The predicted molar refractivity (Wildman–Crippen MR) is 94.5 cm³/mol. The molecule has 0 amide bonds. The van der Waals surface area contributed by atoms with Crippen LogP contribution in [0, 0.1) is 0 Å². The molecule has 0 aliphatic carbocycles. The summed E-state index contributed by atoms with van der Waals surface area (Å²) in [7, 11) is -7.30. The first-order valence-corrected chi connectivity index (χ1v) is 10.6. The first kappa shape index (κ1) is 18.4. The second-order valence-electron chi connectivity index (χ2n) is 5.50. The molecule has 0 saturated heterocycles. The van der Waals surface area contributed by atoms with Crippen LogP contribution in [0.2, 0.25) is 0 Å². The topological polar surface area (TPSA) is 106 Å². The van der Waals surface area contributed by atoms with Crippen molar-refractivity contribution in [2.24, 2.45) is 5.14 Å². The van der Waals surface area contributed by atoms with Crippen LogP contribution in [-0.4, -0.2) is 16.8 Å². The van der Waals surface area contributed by atoms with Crippen molar-refractivity contribution in [2.75, 3.05) is 4.72 Å². The number of rotatable bonds is 7. The van der Waals surface area contributed by atoms with Gasteiger partial charge in [0.25, 0.3) is 10.0 Å². The lowest BCUT2D eigenvalue weighted by Crippen LogP contribution is -2.15. The largest absolute Gasteiger partial charge is 0.280 e.